The van der Waals surface area contributed by atoms with E-state index in [1.807, 2.05) is 20.0 Å². The SMILES string of the molecule is CCNC(c1cncc(OC(C)C)c1)C1CSCCS1. The average Bonchev–Trinajstić information content (AvgIpc) is 2.45. The Morgan fingerprint density at radius 1 is 1.40 bits per heavy atom. The Kier molecular flexibility index (Phi) is 6.52. The molecule has 20 heavy (non-hydrogen) atoms. The fraction of sp³-hybridized carbons (Fsp3) is 0.667. The van der Waals surface area contributed by atoms with Crippen LogP contribution in [0.1, 0.15) is 32.4 Å². The predicted molar refractivity (Wildman–Crippen MR) is 90.0 cm³/mol. The van der Waals surface area contributed by atoms with Crippen LogP contribution in [-0.4, -0.2) is 40.1 Å². The second kappa shape index (κ2) is 8.15. The van der Waals surface area contributed by atoms with Crippen LogP contribution < -0.4 is 10.1 Å². The third kappa shape index (κ3) is 4.57. The molecule has 0 spiro atoms. The molecular formula is C15H24N2OS2. The number of hydrogen-bond acceptors (Lipinski definition) is 5. The summed E-state index contributed by atoms with van der Waals surface area (Å²) < 4.78 is 5.77. The normalized spacial score (nSPS) is 20.9. The van der Waals surface area contributed by atoms with Gasteiger partial charge in [-0.3, -0.25) is 4.98 Å². The van der Waals surface area contributed by atoms with Crippen LogP contribution in [0.5, 0.6) is 5.75 Å². The predicted octanol–water partition coefficient (Wildman–Crippen LogP) is 3.37. The average molecular weight is 313 g/mol. The van der Waals surface area contributed by atoms with Gasteiger partial charge in [-0.1, -0.05) is 6.92 Å². The van der Waals surface area contributed by atoms with Crippen LogP contribution in [0.3, 0.4) is 0 Å². The van der Waals surface area contributed by atoms with Crippen molar-refractivity contribution in [2.24, 2.45) is 0 Å². The number of hydrogen-bond donors (Lipinski definition) is 1. The lowest BCUT2D eigenvalue weighted by Crippen LogP contribution is -2.33. The molecule has 0 amide bonds. The highest BCUT2D eigenvalue weighted by atomic mass is 32.2. The summed E-state index contributed by atoms with van der Waals surface area (Å²) in [6.07, 6.45) is 3.96. The van der Waals surface area contributed by atoms with Gasteiger partial charge in [-0.05, 0) is 32.0 Å². The first kappa shape index (κ1) is 16.0. The third-order valence-corrected chi connectivity index (χ3v) is 5.97. The smallest absolute Gasteiger partial charge is 0.138 e. The Bertz CT molecular complexity index is 409. The van der Waals surface area contributed by atoms with Gasteiger partial charge in [0.2, 0.25) is 0 Å². The van der Waals surface area contributed by atoms with E-state index in [2.05, 4.69) is 46.8 Å². The molecule has 1 aliphatic rings. The van der Waals surface area contributed by atoms with E-state index >= 15 is 0 Å². The molecule has 1 fully saturated rings. The molecule has 2 unspecified atom stereocenters. The number of aromatic nitrogens is 1. The maximum Gasteiger partial charge on any atom is 0.138 e. The second-order valence-electron chi connectivity index (χ2n) is 5.14. The minimum absolute atomic E-state index is 0.184. The maximum absolute atomic E-state index is 5.77. The molecule has 0 radical (unpaired) electrons. The number of thioether (sulfide) groups is 2. The standard InChI is InChI=1S/C15H24N2OS2/c1-4-17-15(14-10-19-5-6-20-14)12-7-13(9-16-8-12)18-11(2)3/h7-9,11,14-15,17H,4-6,10H2,1-3H3. The number of pyridine rings is 1. The van der Waals surface area contributed by atoms with Gasteiger partial charge in [0.1, 0.15) is 5.75 Å². The number of ether oxygens (including phenoxy) is 1. The number of nitrogens with zero attached hydrogens (tertiary/aromatic N) is 1. The second-order valence-corrected chi connectivity index (χ2v) is 7.64. The highest BCUT2D eigenvalue weighted by Gasteiger charge is 2.25. The zero-order valence-electron chi connectivity index (χ0n) is 12.5. The lowest BCUT2D eigenvalue weighted by atomic mass is 10.1. The van der Waals surface area contributed by atoms with E-state index in [0.717, 1.165) is 12.3 Å². The van der Waals surface area contributed by atoms with E-state index in [1.54, 1.807) is 6.20 Å². The summed E-state index contributed by atoms with van der Waals surface area (Å²) >= 11 is 4.13. The fourth-order valence-corrected chi connectivity index (χ4v) is 5.19. The molecule has 3 nitrogen and oxygen atoms in total. The van der Waals surface area contributed by atoms with Crippen LogP contribution in [0.25, 0.3) is 0 Å². The summed E-state index contributed by atoms with van der Waals surface area (Å²) in [5.74, 6) is 4.59. The molecule has 0 aliphatic carbocycles. The largest absolute Gasteiger partial charge is 0.489 e. The van der Waals surface area contributed by atoms with E-state index in [0.29, 0.717) is 11.3 Å². The molecule has 0 saturated carbocycles. The topological polar surface area (TPSA) is 34.2 Å². The molecule has 2 heterocycles. The molecule has 5 heteroatoms. The van der Waals surface area contributed by atoms with Gasteiger partial charge >= 0.3 is 0 Å². The summed E-state index contributed by atoms with van der Waals surface area (Å²) in [7, 11) is 0. The Labute approximate surface area is 130 Å². The quantitative estimate of drug-likeness (QED) is 0.871. The van der Waals surface area contributed by atoms with Gasteiger partial charge in [0, 0.05) is 34.7 Å². The van der Waals surface area contributed by atoms with Crippen LogP contribution in [-0.2, 0) is 0 Å². The van der Waals surface area contributed by atoms with Gasteiger partial charge in [-0.2, -0.15) is 23.5 Å². The first-order chi connectivity index (χ1) is 9.70. The van der Waals surface area contributed by atoms with Crippen molar-refractivity contribution in [1.82, 2.24) is 10.3 Å². The fourth-order valence-electron chi connectivity index (χ4n) is 2.32. The van der Waals surface area contributed by atoms with E-state index in [1.165, 1.54) is 22.8 Å². The van der Waals surface area contributed by atoms with Crippen molar-refractivity contribution >= 4 is 23.5 Å². The van der Waals surface area contributed by atoms with E-state index in [9.17, 15) is 0 Å². The van der Waals surface area contributed by atoms with Gasteiger partial charge in [0.05, 0.1) is 12.3 Å². The summed E-state index contributed by atoms with van der Waals surface area (Å²) in [6.45, 7) is 7.22. The van der Waals surface area contributed by atoms with Crippen LogP contribution in [0.4, 0.5) is 0 Å². The molecular weight excluding hydrogens is 288 g/mol. The molecule has 1 aliphatic heterocycles. The van der Waals surface area contributed by atoms with Gasteiger partial charge in [0.15, 0.2) is 0 Å². The number of rotatable bonds is 6. The molecule has 2 rings (SSSR count). The van der Waals surface area contributed by atoms with Crippen molar-refractivity contribution in [2.75, 3.05) is 23.8 Å². The van der Waals surface area contributed by atoms with Crippen LogP contribution >= 0.6 is 23.5 Å². The Morgan fingerprint density at radius 2 is 2.25 bits per heavy atom. The molecule has 2 atom stereocenters. The molecule has 0 aromatic carbocycles. The first-order valence-corrected chi connectivity index (χ1v) is 9.45. The highest BCUT2D eigenvalue weighted by Crippen LogP contribution is 2.34. The summed E-state index contributed by atoms with van der Waals surface area (Å²) in [5, 5.41) is 4.23. The Morgan fingerprint density at radius 3 is 2.90 bits per heavy atom. The van der Waals surface area contributed by atoms with Gasteiger partial charge in [-0.25, -0.2) is 0 Å². The van der Waals surface area contributed by atoms with Crippen molar-refractivity contribution in [3.05, 3.63) is 24.0 Å². The van der Waals surface area contributed by atoms with Gasteiger partial charge in [-0.15, -0.1) is 0 Å². The molecule has 1 aromatic heterocycles. The monoisotopic (exact) mass is 312 g/mol. The van der Waals surface area contributed by atoms with E-state index in [4.69, 9.17) is 4.74 Å². The minimum atomic E-state index is 0.184. The van der Waals surface area contributed by atoms with E-state index < -0.39 is 0 Å². The molecule has 1 saturated heterocycles. The molecule has 0 bridgehead atoms. The van der Waals surface area contributed by atoms with Crippen molar-refractivity contribution in [3.63, 3.8) is 0 Å². The van der Waals surface area contributed by atoms with Crippen molar-refractivity contribution in [3.8, 4) is 5.75 Å². The third-order valence-electron chi connectivity index (χ3n) is 3.10. The summed E-state index contributed by atoms with van der Waals surface area (Å²) in [4.78, 5) is 4.35. The van der Waals surface area contributed by atoms with Crippen LogP contribution in [0, 0.1) is 0 Å². The Balaban J connectivity index is 2.15. The zero-order chi connectivity index (χ0) is 14.4. The molecule has 112 valence electrons. The number of nitrogens with one attached hydrogen (secondary N) is 1. The van der Waals surface area contributed by atoms with Crippen molar-refractivity contribution in [2.45, 2.75) is 38.2 Å². The summed E-state index contributed by atoms with van der Waals surface area (Å²) in [6, 6.07) is 2.50. The lowest BCUT2D eigenvalue weighted by Gasteiger charge is -2.30. The van der Waals surface area contributed by atoms with Crippen LogP contribution in [0.15, 0.2) is 18.5 Å². The Hall–Kier alpha value is -0.390. The molecule has 1 aromatic rings. The van der Waals surface area contributed by atoms with Gasteiger partial charge < -0.3 is 10.1 Å². The first-order valence-electron chi connectivity index (χ1n) is 7.25. The lowest BCUT2D eigenvalue weighted by molar-refractivity contribution is 0.241. The maximum atomic E-state index is 5.77. The van der Waals surface area contributed by atoms with Crippen molar-refractivity contribution < 1.29 is 4.74 Å². The highest BCUT2D eigenvalue weighted by molar-refractivity contribution is 8.06. The minimum Gasteiger partial charge on any atom is -0.489 e. The van der Waals surface area contributed by atoms with Gasteiger partial charge in [0.25, 0.3) is 0 Å². The van der Waals surface area contributed by atoms with Crippen LogP contribution in [0.2, 0.25) is 0 Å². The van der Waals surface area contributed by atoms with Crippen molar-refractivity contribution in [1.29, 1.82) is 0 Å². The zero-order valence-corrected chi connectivity index (χ0v) is 14.1. The molecule has 1 N–H and O–H groups in total. The summed E-state index contributed by atoms with van der Waals surface area (Å²) in [5.41, 5.74) is 1.24. The van der Waals surface area contributed by atoms with E-state index in [-0.39, 0.29) is 6.10 Å².